The van der Waals surface area contributed by atoms with Gasteiger partial charge in [-0.25, -0.2) is 0 Å². The van der Waals surface area contributed by atoms with Crippen LogP contribution in [0.25, 0.3) is 0 Å². The summed E-state index contributed by atoms with van der Waals surface area (Å²) in [5.41, 5.74) is 4.87. The normalized spacial score (nSPS) is 13.4. The molecule has 1 atom stereocenters. The van der Waals surface area contributed by atoms with Gasteiger partial charge < -0.3 is 16.2 Å². The first kappa shape index (κ1) is 16.9. The van der Waals surface area contributed by atoms with Gasteiger partial charge in [0.05, 0.1) is 11.5 Å². The second kappa shape index (κ2) is 7.36. The van der Waals surface area contributed by atoms with Crippen molar-refractivity contribution in [2.45, 2.75) is 53.0 Å². The quantitative estimate of drug-likeness (QED) is 0.613. The molecule has 5 nitrogen and oxygen atoms in total. The van der Waals surface area contributed by atoms with Gasteiger partial charge in [-0.05, 0) is 25.2 Å². The monoisotopic (exact) mass is 258 g/mol. The number of nitrogens with two attached hydrogens (primary N) is 1. The molecule has 5 heteroatoms. The van der Waals surface area contributed by atoms with Gasteiger partial charge in [-0.15, -0.1) is 0 Å². The number of carbonyl (C=O) groups is 2. The fraction of sp³-hybridized carbons (Fsp3) is 0.846. The highest BCUT2D eigenvalue weighted by Gasteiger charge is 2.35. The van der Waals surface area contributed by atoms with Crippen LogP contribution in [0.5, 0.6) is 0 Å². The lowest BCUT2D eigenvalue weighted by atomic mass is 9.82. The molecule has 0 aromatic carbocycles. The molecule has 0 aromatic rings. The molecule has 0 saturated carbocycles. The van der Waals surface area contributed by atoms with Gasteiger partial charge >= 0.3 is 5.97 Å². The van der Waals surface area contributed by atoms with E-state index in [0.29, 0.717) is 25.2 Å². The Morgan fingerprint density at radius 2 is 1.78 bits per heavy atom. The van der Waals surface area contributed by atoms with E-state index in [1.807, 2.05) is 27.7 Å². The zero-order valence-electron chi connectivity index (χ0n) is 11.8. The van der Waals surface area contributed by atoms with Crippen LogP contribution in [-0.4, -0.2) is 29.6 Å². The first-order valence-electron chi connectivity index (χ1n) is 6.55. The van der Waals surface area contributed by atoms with E-state index in [9.17, 15) is 14.7 Å². The van der Waals surface area contributed by atoms with Crippen LogP contribution in [0.4, 0.5) is 0 Å². The Morgan fingerprint density at radius 3 is 2.11 bits per heavy atom. The number of carbonyl (C=O) groups excluding carboxylic acids is 1. The van der Waals surface area contributed by atoms with Crippen LogP contribution in [0.2, 0.25) is 0 Å². The Kier molecular flexibility index (Phi) is 6.91. The highest BCUT2D eigenvalue weighted by atomic mass is 16.4. The Labute approximate surface area is 109 Å². The van der Waals surface area contributed by atoms with E-state index in [0.717, 1.165) is 0 Å². The molecule has 0 radical (unpaired) electrons. The zero-order valence-corrected chi connectivity index (χ0v) is 11.8. The third-order valence-corrected chi connectivity index (χ3v) is 3.47. The predicted molar refractivity (Wildman–Crippen MR) is 71.1 cm³/mol. The van der Waals surface area contributed by atoms with Crippen LogP contribution < -0.4 is 11.1 Å². The molecule has 0 spiro atoms. The highest BCUT2D eigenvalue weighted by molar-refractivity contribution is 5.82. The number of hydrogen-bond donors (Lipinski definition) is 3. The van der Waals surface area contributed by atoms with Crippen molar-refractivity contribution in [1.82, 2.24) is 5.32 Å². The van der Waals surface area contributed by atoms with Crippen LogP contribution in [0.15, 0.2) is 0 Å². The van der Waals surface area contributed by atoms with Gasteiger partial charge in [0, 0.05) is 6.54 Å². The molecule has 18 heavy (non-hydrogen) atoms. The minimum atomic E-state index is -0.882. The molecule has 0 aliphatic heterocycles. The molecule has 0 aromatic heterocycles. The van der Waals surface area contributed by atoms with Gasteiger partial charge in [-0.3, -0.25) is 9.59 Å². The van der Waals surface area contributed by atoms with Gasteiger partial charge in [0.2, 0.25) is 5.91 Å². The average molecular weight is 258 g/mol. The van der Waals surface area contributed by atoms with Gasteiger partial charge in [-0.1, -0.05) is 27.7 Å². The van der Waals surface area contributed by atoms with Crippen LogP contribution in [-0.2, 0) is 9.59 Å². The van der Waals surface area contributed by atoms with Crippen molar-refractivity contribution < 1.29 is 14.7 Å². The minimum Gasteiger partial charge on any atom is -0.481 e. The number of nitrogens with one attached hydrogen (secondary N) is 1. The minimum absolute atomic E-state index is 0.139. The Bertz CT molecular complexity index is 286. The van der Waals surface area contributed by atoms with E-state index in [4.69, 9.17) is 5.73 Å². The van der Waals surface area contributed by atoms with Crippen molar-refractivity contribution in [3.8, 4) is 0 Å². The summed E-state index contributed by atoms with van der Waals surface area (Å²) in [6.07, 6.45) is 1.57. The molecule has 0 rings (SSSR count). The second-order valence-electron chi connectivity index (χ2n) is 5.25. The maximum atomic E-state index is 11.8. The largest absolute Gasteiger partial charge is 0.481 e. The summed E-state index contributed by atoms with van der Waals surface area (Å²) in [5, 5.41) is 11.9. The third kappa shape index (κ3) is 4.64. The van der Waals surface area contributed by atoms with Crippen molar-refractivity contribution >= 4 is 11.9 Å². The number of hydrogen-bond acceptors (Lipinski definition) is 3. The highest BCUT2D eigenvalue weighted by Crippen LogP contribution is 2.25. The molecule has 0 fully saturated rings. The maximum absolute atomic E-state index is 11.8. The molecule has 0 aliphatic rings. The zero-order chi connectivity index (χ0) is 14.3. The molecular weight excluding hydrogens is 232 g/mol. The van der Waals surface area contributed by atoms with Crippen molar-refractivity contribution in [2.75, 3.05) is 6.54 Å². The molecule has 0 bridgehead atoms. The molecule has 0 unspecified atom stereocenters. The van der Waals surface area contributed by atoms with Crippen LogP contribution >= 0.6 is 0 Å². The van der Waals surface area contributed by atoms with E-state index in [2.05, 4.69) is 5.32 Å². The van der Waals surface area contributed by atoms with E-state index >= 15 is 0 Å². The molecule has 0 heterocycles. The fourth-order valence-corrected chi connectivity index (χ4v) is 1.88. The Morgan fingerprint density at radius 1 is 1.28 bits per heavy atom. The smallest absolute Gasteiger partial charge is 0.311 e. The SMILES string of the molecule is CCC(CC)(CNC(=O)[C@@H](N)CC(C)C)C(=O)O. The number of carboxylic acid groups (broad SMARTS) is 1. The third-order valence-electron chi connectivity index (χ3n) is 3.47. The summed E-state index contributed by atoms with van der Waals surface area (Å²) in [6, 6.07) is -0.565. The summed E-state index contributed by atoms with van der Waals surface area (Å²) in [5.74, 6) is -0.797. The molecule has 106 valence electrons. The molecule has 0 saturated heterocycles. The lowest BCUT2D eigenvalue weighted by molar-refractivity contribution is -0.149. The van der Waals surface area contributed by atoms with Gasteiger partial charge in [0.1, 0.15) is 0 Å². The second-order valence-corrected chi connectivity index (χ2v) is 5.25. The summed E-state index contributed by atoms with van der Waals surface area (Å²) >= 11 is 0. The summed E-state index contributed by atoms with van der Waals surface area (Å²) < 4.78 is 0. The molecular formula is C13H26N2O3. The van der Waals surface area contributed by atoms with Crippen LogP contribution in [0, 0.1) is 11.3 Å². The van der Waals surface area contributed by atoms with Gasteiger partial charge in [0.15, 0.2) is 0 Å². The van der Waals surface area contributed by atoms with Crippen molar-refractivity contribution in [2.24, 2.45) is 17.1 Å². The van der Waals surface area contributed by atoms with Crippen molar-refractivity contribution in [3.63, 3.8) is 0 Å². The number of rotatable bonds is 8. The Hall–Kier alpha value is -1.10. The van der Waals surface area contributed by atoms with Crippen molar-refractivity contribution in [3.05, 3.63) is 0 Å². The summed E-state index contributed by atoms with van der Waals surface area (Å²) in [4.78, 5) is 23.0. The topological polar surface area (TPSA) is 92.4 Å². The van der Waals surface area contributed by atoms with Crippen LogP contribution in [0.1, 0.15) is 47.0 Å². The fourth-order valence-electron chi connectivity index (χ4n) is 1.88. The lowest BCUT2D eigenvalue weighted by Gasteiger charge is -2.27. The van der Waals surface area contributed by atoms with Crippen molar-refractivity contribution in [1.29, 1.82) is 0 Å². The summed E-state index contributed by atoms with van der Waals surface area (Å²) in [6.45, 7) is 7.76. The predicted octanol–water partition coefficient (Wildman–Crippen LogP) is 1.37. The lowest BCUT2D eigenvalue weighted by Crippen LogP contribution is -2.48. The van der Waals surface area contributed by atoms with E-state index in [1.165, 1.54) is 0 Å². The first-order chi connectivity index (χ1) is 8.29. The van der Waals surface area contributed by atoms with E-state index in [1.54, 1.807) is 0 Å². The van der Waals surface area contributed by atoms with Crippen LogP contribution in [0.3, 0.4) is 0 Å². The molecule has 0 aliphatic carbocycles. The molecule has 1 amide bonds. The number of carboxylic acids is 1. The maximum Gasteiger partial charge on any atom is 0.311 e. The van der Waals surface area contributed by atoms with E-state index in [-0.39, 0.29) is 12.5 Å². The average Bonchev–Trinajstić information content (AvgIpc) is 2.29. The van der Waals surface area contributed by atoms with Gasteiger partial charge in [-0.2, -0.15) is 0 Å². The summed E-state index contributed by atoms with van der Waals surface area (Å²) in [7, 11) is 0. The van der Waals surface area contributed by atoms with Gasteiger partial charge in [0.25, 0.3) is 0 Å². The van der Waals surface area contributed by atoms with E-state index < -0.39 is 17.4 Å². The number of amides is 1. The first-order valence-corrected chi connectivity index (χ1v) is 6.55. The standard InChI is InChI=1S/C13H26N2O3/c1-5-13(6-2,12(17)18)8-15-11(16)10(14)7-9(3)4/h9-10H,5-8,14H2,1-4H3,(H,15,16)(H,17,18)/t10-/m0/s1. The number of aliphatic carboxylic acids is 1. The Balaban J connectivity index is 4.45. The molecule has 4 N–H and O–H groups in total.